The molecule has 120 valence electrons. The van der Waals surface area contributed by atoms with Crippen LogP contribution in [0.1, 0.15) is 0 Å². The van der Waals surface area contributed by atoms with Crippen molar-refractivity contribution in [3.63, 3.8) is 0 Å². The molecule has 0 radical (unpaired) electrons. The first-order valence-corrected chi connectivity index (χ1v) is 6.95. The lowest BCUT2D eigenvalue weighted by Gasteiger charge is -2.12. The molecule has 3 aromatic rings. The number of hydrogen-bond donors (Lipinski definition) is 0. The molecule has 6 nitrogen and oxygen atoms in total. The van der Waals surface area contributed by atoms with E-state index in [0.717, 1.165) is 11.1 Å². The summed E-state index contributed by atoms with van der Waals surface area (Å²) in [4.78, 5) is 4.49. The fraction of sp³-hybridized carbons (Fsp3) is 0.235. The Hall–Kier alpha value is -2.89. The van der Waals surface area contributed by atoms with Gasteiger partial charge in [0.2, 0.25) is 11.6 Å². The first-order valence-electron chi connectivity index (χ1n) is 6.95. The van der Waals surface area contributed by atoms with Gasteiger partial charge in [0.15, 0.2) is 17.1 Å². The van der Waals surface area contributed by atoms with Gasteiger partial charge in [-0.15, -0.1) is 0 Å². The van der Waals surface area contributed by atoms with Crippen LogP contribution in [0.5, 0.6) is 23.0 Å². The fourth-order valence-electron chi connectivity index (χ4n) is 2.36. The van der Waals surface area contributed by atoms with E-state index < -0.39 is 0 Å². The van der Waals surface area contributed by atoms with E-state index in [1.54, 1.807) is 46.6 Å². The highest BCUT2D eigenvalue weighted by molar-refractivity contribution is 5.78. The van der Waals surface area contributed by atoms with Gasteiger partial charge in [-0.2, -0.15) is 0 Å². The third-order valence-corrected chi connectivity index (χ3v) is 3.51. The second-order valence-electron chi connectivity index (χ2n) is 4.77. The molecule has 0 fully saturated rings. The molecule has 0 unspecified atom stereocenters. The van der Waals surface area contributed by atoms with E-state index in [0.29, 0.717) is 34.5 Å². The molecule has 0 saturated heterocycles. The monoisotopic (exact) mass is 315 g/mol. The third-order valence-electron chi connectivity index (χ3n) is 3.51. The summed E-state index contributed by atoms with van der Waals surface area (Å²) >= 11 is 0. The van der Waals surface area contributed by atoms with Crippen LogP contribution in [-0.2, 0) is 0 Å². The van der Waals surface area contributed by atoms with Crippen molar-refractivity contribution in [1.29, 1.82) is 0 Å². The van der Waals surface area contributed by atoms with E-state index in [1.165, 1.54) is 0 Å². The van der Waals surface area contributed by atoms with E-state index in [9.17, 15) is 0 Å². The molecule has 0 bridgehead atoms. The minimum absolute atomic E-state index is 0.465. The number of aromatic nitrogens is 1. The smallest absolute Gasteiger partial charge is 0.227 e. The quantitative estimate of drug-likeness (QED) is 0.718. The number of oxazole rings is 1. The van der Waals surface area contributed by atoms with Crippen LogP contribution in [0.2, 0.25) is 0 Å². The predicted molar refractivity (Wildman–Crippen MR) is 85.7 cm³/mol. The summed E-state index contributed by atoms with van der Waals surface area (Å²) in [5.41, 5.74) is 2.12. The van der Waals surface area contributed by atoms with Gasteiger partial charge >= 0.3 is 0 Å². The van der Waals surface area contributed by atoms with Crippen molar-refractivity contribution in [2.75, 3.05) is 28.4 Å². The molecule has 23 heavy (non-hydrogen) atoms. The standard InChI is InChI=1S/C17H17NO5/c1-19-11-5-6-12-13(9-11)23-17(18-12)10-7-14(20-2)16(22-4)15(8-10)21-3/h5-9H,1-4H3. The molecule has 0 saturated carbocycles. The highest BCUT2D eigenvalue weighted by atomic mass is 16.5. The number of benzene rings is 2. The van der Waals surface area contributed by atoms with Crippen molar-refractivity contribution in [2.45, 2.75) is 0 Å². The van der Waals surface area contributed by atoms with Crippen molar-refractivity contribution >= 4 is 11.1 Å². The van der Waals surface area contributed by atoms with E-state index in [2.05, 4.69) is 4.98 Å². The molecule has 2 aromatic carbocycles. The SMILES string of the molecule is COc1ccc2nc(-c3cc(OC)c(OC)c(OC)c3)oc2c1. The van der Waals surface area contributed by atoms with Crippen molar-refractivity contribution in [1.82, 2.24) is 4.98 Å². The summed E-state index contributed by atoms with van der Waals surface area (Å²) in [6.07, 6.45) is 0. The van der Waals surface area contributed by atoms with E-state index >= 15 is 0 Å². The zero-order valence-corrected chi connectivity index (χ0v) is 13.4. The molecule has 3 rings (SSSR count). The van der Waals surface area contributed by atoms with Gasteiger partial charge in [0.25, 0.3) is 0 Å². The Kier molecular flexibility index (Phi) is 3.97. The zero-order chi connectivity index (χ0) is 16.4. The van der Waals surface area contributed by atoms with Gasteiger partial charge in [-0.05, 0) is 24.3 Å². The molecule has 0 atom stereocenters. The molecular weight excluding hydrogens is 298 g/mol. The first-order chi connectivity index (χ1) is 11.2. The van der Waals surface area contributed by atoms with E-state index in [-0.39, 0.29) is 0 Å². The molecule has 0 spiro atoms. The second-order valence-corrected chi connectivity index (χ2v) is 4.77. The van der Waals surface area contributed by atoms with Crippen molar-refractivity contribution in [3.8, 4) is 34.5 Å². The number of methoxy groups -OCH3 is 4. The Morgan fingerprint density at radius 1 is 0.826 bits per heavy atom. The van der Waals surface area contributed by atoms with Crippen LogP contribution >= 0.6 is 0 Å². The van der Waals surface area contributed by atoms with E-state index in [4.69, 9.17) is 23.4 Å². The van der Waals surface area contributed by atoms with Crippen LogP contribution in [0.3, 0.4) is 0 Å². The van der Waals surface area contributed by atoms with Gasteiger partial charge in [-0.1, -0.05) is 0 Å². The number of ether oxygens (including phenoxy) is 4. The van der Waals surface area contributed by atoms with Gasteiger partial charge < -0.3 is 23.4 Å². The summed E-state index contributed by atoms with van der Waals surface area (Å²) < 4.78 is 27.1. The molecule has 0 aliphatic heterocycles. The summed E-state index contributed by atoms with van der Waals surface area (Å²) in [5, 5.41) is 0. The average molecular weight is 315 g/mol. The summed E-state index contributed by atoms with van der Waals surface area (Å²) in [6.45, 7) is 0. The van der Waals surface area contributed by atoms with Crippen molar-refractivity contribution in [3.05, 3.63) is 30.3 Å². The molecule has 0 aliphatic carbocycles. The van der Waals surface area contributed by atoms with Gasteiger partial charge in [0.05, 0.1) is 28.4 Å². The van der Waals surface area contributed by atoms with Crippen LogP contribution in [0.4, 0.5) is 0 Å². The van der Waals surface area contributed by atoms with Crippen molar-refractivity contribution in [2.24, 2.45) is 0 Å². The van der Waals surface area contributed by atoms with E-state index in [1.807, 2.05) is 12.1 Å². The lowest BCUT2D eigenvalue weighted by atomic mass is 10.2. The van der Waals surface area contributed by atoms with Crippen LogP contribution in [0.15, 0.2) is 34.7 Å². The molecule has 1 aromatic heterocycles. The van der Waals surface area contributed by atoms with Gasteiger partial charge in [0, 0.05) is 11.6 Å². The lowest BCUT2D eigenvalue weighted by molar-refractivity contribution is 0.324. The van der Waals surface area contributed by atoms with Gasteiger partial charge in [-0.25, -0.2) is 4.98 Å². The molecule has 0 N–H and O–H groups in total. The van der Waals surface area contributed by atoms with Crippen LogP contribution < -0.4 is 18.9 Å². The highest BCUT2D eigenvalue weighted by Gasteiger charge is 2.17. The largest absolute Gasteiger partial charge is 0.497 e. The molecular formula is C17H17NO5. The Labute approximate surface area is 133 Å². The topological polar surface area (TPSA) is 63.0 Å². The minimum atomic E-state index is 0.465. The minimum Gasteiger partial charge on any atom is -0.497 e. The Balaban J connectivity index is 2.14. The summed E-state index contributed by atoms with van der Waals surface area (Å²) in [6, 6.07) is 9.07. The Bertz CT molecular complexity index is 815. The number of hydrogen-bond acceptors (Lipinski definition) is 6. The maximum atomic E-state index is 5.83. The summed E-state index contributed by atoms with van der Waals surface area (Å²) in [7, 11) is 6.30. The predicted octanol–water partition coefficient (Wildman–Crippen LogP) is 3.53. The second kappa shape index (κ2) is 6.08. The number of rotatable bonds is 5. The summed E-state index contributed by atoms with van der Waals surface area (Å²) in [5.74, 6) is 2.79. The van der Waals surface area contributed by atoms with Gasteiger partial charge in [-0.3, -0.25) is 0 Å². The Morgan fingerprint density at radius 3 is 2.09 bits per heavy atom. The molecule has 0 aliphatic rings. The van der Waals surface area contributed by atoms with Crippen LogP contribution in [0, 0.1) is 0 Å². The normalized spacial score (nSPS) is 10.6. The highest BCUT2D eigenvalue weighted by Crippen LogP contribution is 2.41. The molecule has 1 heterocycles. The Morgan fingerprint density at radius 2 is 1.52 bits per heavy atom. The maximum Gasteiger partial charge on any atom is 0.227 e. The van der Waals surface area contributed by atoms with Crippen LogP contribution in [0.25, 0.3) is 22.6 Å². The van der Waals surface area contributed by atoms with Crippen LogP contribution in [-0.4, -0.2) is 33.4 Å². The number of nitrogens with zero attached hydrogens (tertiary/aromatic N) is 1. The average Bonchev–Trinajstić information content (AvgIpc) is 3.03. The van der Waals surface area contributed by atoms with Crippen molar-refractivity contribution < 1.29 is 23.4 Å². The maximum absolute atomic E-state index is 5.83. The fourth-order valence-corrected chi connectivity index (χ4v) is 2.36. The lowest BCUT2D eigenvalue weighted by Crippen LogP contribution is -1.95. The molecule has 0 amide bonds. The first kappa shape index (κ1) is 15.0. The van der Waals surface area contributed by atoms with Gasteiger partial charge in [0.1, 0.15) is 11.3 Å². The number of fused-ring (bicyclic) bond motifs is 1. The third kappa shape index (κ3) is 2.63. The molecule has 6 heteroatoms. The zero-order valence-electron chi connectivity index (χ0n) is 13.4.